The first kappa shape index (κ1) is 12.7. The first-order chi connectivity index (χ1) is 8.93. The van der Waals surface area contributed by atoms with E-state index in [0.29, 0.717) is 5.56 Å². The third-order valence-electron chi connectivity index (χ3n) is 4.36. The van der Waals surface area contributed by atoms with E-state index >= 15 is 0 Å². The predicted molar refractivity (Wildman–Crippen MR) is 64.5 cm³/mol. The Bertz CT molecular complexity index is 479. The molecule has 4 heteroatoms. The third-order valence-corrected chi connectivity index (χ3v) is 4.36. The fourth-order valence-corrected chi connectivity index (χ4v) is 3.13. The van der Waals surface area contributed by atoms with Gasteiger partial charge in [-0.15, -0.1) is 0 Å². The minimum atomic E-state index is -4.31. The molecule has 0 aromatic heterocycles. The van der Waals surface area contributed by atoms with Crippen molar-refractivity contribution in [2.75, 3.05) is 0 Å². The smallest absolute Gasteiger partial charge is 0.299 e. The maximum absolute atomic E-state index is 12.4. The Morgan fingerprint density at radius 1 is 1.05 bits per heavy atom. The lowest BCUT2D eigenvalue weighted by Crippen LogP contribution is -2.15. The topological polar surface area (TPSA) is 17.1 Å². The molecular formula is C15H15F3O. The van der Waals surface area contributed by atoms with Crippen LogP contribution < -0.4 is 0 Å². The van der Waals surface area contributed by atoms with Crippen molar-refractivity contribution in [1.82, 2.24) is 0 Å². The van der Waals surface area contributed by atoms with E-state index in [-0.39, 0.29) is 18.1 Å². The molecule has 1 aromatic rings. The van der Waals surface area contributed by atoms with Crippen molar-refractivity contribution in [3.63, 3.8) is 0 Å². The van der Waals surface area contributed by atoms with Crippen LogP contribution in [0.3, 0.4) is 0 Å². The highest BCUT2D eigenvalue weighted by atomic mass is 19.4. The summed E-state index contributed by atoms with van der Waals surface area (Å²) in [5.74, 6) is 1.83. The number of ketones is 1. The Kier molecular flexibility index (Phi) is 2.91. The number of carbonyl (C=O) groups is 1. The van der Waals surface area contributed by atoms with Crippen molar-refractivity contribution < 1.29 is 18.0 Å². The minimum Gasteiger partial charge on any atom is -0.299 e. The van der Waals surface area contributed by atoms with Crippen LogP contribution in [0.1, 0.15) is 30.4 Å². The van der Waals surface area contributed by atoms with Gasteiger partial charge in [0.05, 0.1) is 5.56 Å². The van der Waals surface area contributed by atoms with Gasteiger partial charge in [0.1, 0.15) is 5.78 Å². The standard InChI is InChI=1S/C15H15F3O/c16-15(17,18)13-3-1-9(2-4-13)5-14(19)12-7-10-6-11(10)8-12/h1-4,10-12H,5-8H2. The highest BCUT2D eigenvalue weighted by Gasteiger charge is 2.47. The summed E-state index contributed by atoms with van der Waals surface area (Å²) in [5.41, 5.74) is 0.0179. The van der Waals surface area contributed by atoms with Gasteiger partial charge in [-0.3, -0.25) is 4.79 Å². The molecule has 3 rings (SSSR count). The van der Waals surface area contributed by atoms with Gasteiger partial charge in [0.2, 0.25) is 0 Å². The van der Waals surface area contributed by atoms with Crippen LogP contribution >= 0.6 is 0 Å². The van der Waals surface area contributed by atoms with E-state index in [0.717, 1.165) is 36.8 Å². The second-order valence-corrected chi connectivity index (χ2v) is 5.76. The number of alkyl halides is 3. The van der Waals surface area contributed by atoms with Crippen LogP contribution in [0.2, 0.25) is 0 Å². The zero-order chi connectivity index (χ0) is 13.6. The summed E-state index contributed by atoms with van der Waals surface area (Å²) in [5, 5.41) is 0. The van der Waals surface area contributed by atoms with Crippen LogP contribution in [-0.4, -0.2) is 5.78 Å². The van der Waals surface area contributed by atoms with Gasteiger partial charge in [-0.2, -0.15) is 13.2 Å². The maximum atomic E-state index is 12.4. The van der Waals surface area contributed by atoms with E-state index in [9.17, 15) is 18.0 Å². The molecule has 1 aromatic carbocycles. The second kappa shape index (κ2) is 4.36. The molecule has 102 valence electrons. The number of Topliss-reactive ketones (excluding diaryl/α,β-unsaturated/α-hetero) is 1. The van der Waals surface area contributed by atoms with Crippen LogP contribution in [-0.2, 0) is 17.4 Å². The summed E-state index contributed by atoms with van der Waals surface area (Å²) in [4.78, 5) is 12.0. The Labute approximate surface area is 109 Å². The molecule has 0 bridgehead atoms. The van der Waals surface area contributed by atoms with Crippen molar-refractivity contribution >= 4 is 5.78 Å². The van der Waals surface area contributed by atoms with Crippen molar-refractivity contribution in [3.05, 3.63) is 35.4 Å². The monoisotopic (exact) mass is 268 g/mol. The van der Waals surface area contributed by atoms with Crippen molar-refractivity contribution in [2.24, 2.45) is 17.8 Å². The lowest BCUT2D eigenvalue weighted by Gasteiger charge is -2.11. The summed E-state index contributed by atoms with van der Waals surface area (Å²) in [6, 6.07) is 4.93. The predicted octanol–water partition coefficient (Wildman–Crippen LogP) is 3.86. The van der Waals surface area contributed by atoms with E-state index in [1.54, 1.807) is 0 Å². The number of hydrogen-bond acceptors (Lipinski definition) is 1. The number of hydrogen-bond donors (Lipinski definition) is 0. The fraction of sp³-hybridized carbons (Fsp3) is 0.533. The molecule has 0 saturated heterocycles. The molecule has 2 aliphatic carbocycles. The Balaban J connectivity index is 1.62. The SMILES string of the molecule is O=C(Cc1ccc(C(F)(F)F)cc1)C1CC2CC2C1. The van der Waals surface area contributed by atoms with Crippen molar-refractivity contribution in [1.29, 1.82) is 0 Å². The molecular weight excluding hydrogens is 253 g/mol. The number of benzene rings is 1. The van der Waals surface area contributed by atoms with Gasteiger partial charge < -0.3 is 0 Å². The van der Waals surface area contributed by atoms with Crippen LogP contribution in [0.15, 0.2) is 24.3 Å². The van der Waals surface area contributed by atoms with Crippen molar-refractivity contribution in [3.8, 4) is 0 Å². The highest BCUT2D eigenvalue weighted by molar-refractivity contribution is 5.83. The molecule has 0 N–H and O–H groups in total. The molecule has 19 heavy (non-hydrogen) atoms. The fourth-order valence-electron chi connectivity index (χ4n) is 3.13. The van der Waals surface area contributed by atoms with E-state index in [4.69, 9.17) is 0 Å². The summed E-state index contributed by atoms with van der Waals surface area (Å²) in [6.45, 7) is 0. The van der Waals surface area contributed by atoms with Gasteiger partial charge in [0.15, 0.2) is 0 Å². The molecule has 0 aliphatic heterocycles. The molecule has 0 heterocycles. The molecule has 2 saturated carbocycles. The first-order valence-electron chi connectivity index (χ1n) is 6.62. The molecule has 2 unspecified atom stereocenters. The van der Waals surface area contributed by atoms with Crippen LogP contribution in [0, 0.1) is 17.8 Å². The summed E-state index contributed by atoms with van der Waals surface area (Å²) >= 11 is 0. The van der Waals surface area contributed by atoms with Crippen LogP contribution in [0.25, 0.3) is 0 Å². The highest BCUT2D eigenvalue weighted by Crippen LogP contribution is 2.54. The van der Waals surface area contributed by atoms with E-state index in [1.807, 2.05) is 0 Å². The van der Waals surface area contributed by atoms with Crippen LogP contribution in [0.4, 0.5) is 13.2 Å². The van der Waals surface area contributed by atoms with Gasteiger partial charge in [-0.25, -0.2) is 0 Å². The van der Waals surface area contributed by atoms with Gasteiger partial charge in [0, 0.05) is 12.3 Å². The summed E-state index contributed by atoms with van der Waals surface area (Å²) in [6.07, 6.45) is -0.796. The molecule has 0 amide bonds. The van der Waals surface area contributed by atoms with E-state index in [2.05, 4.69) is 0 Å². The molecule has 2 atom stereocenters. The molecule has 2 aliphatic rings. The van der Waals surface area contributed by atoms with Gasteiger partial charge in [0.25, 0.3) is 0 Å². The molecule has 0 radical (unpaired) electrons. The Morgan fingerprint density at radius 3 is 2.16 bits per heavy atom. The first-order valence-corrected chi connectivity index (χ1v) is 6.62. The number of fused-ring (bicyclic) bond motifs is 1. The number of rotatable bonds is 3. The average Bonchev–Trinajstić information content (AvgIpc) is 2.95. The lowest BCUT2D eigenvalue weighted by atomic mass is 9.93. The van der Waals surface area contributed by atoms with E-state index in [1.165, 1.54) is 18.6 Å². The van der Waals surface area contributed by atoms with Gasteiger partial charge >= 0.3 is 6.18 Å². The largest absolute Gasteiger partial charge is 0.416 e. The summed E-state index contributed by atoms with van der Waals surface area (Å²) in [7, 11) is 0. The zero-order valence-electron chi connectivity index (χ0n) is 10.4. The van der Waals surface area contributed by atoms with Gasteiger partial charge in [-0.05, 0) is 48.8 Å². The summed E-state index contributed by atoms with van der Waals surface area (Å²) < 4.78 is 37.2. The normalized spacial score (nSPS) is 29.1. The van der Waals surface area contributed by atoms with Crippen LogP contribution in [0.5, 0.6) is 0 Å². The van der Waals surface area contributed by atoms with Gasteiger partial charge in [-0.1, -0.05) is 12.1 Å². The molecule has 2 fully saturated rings. The minimum absolute atomic E-state index is 0.144. The Hall–Kier alpha value is -1.32. The van der Waals surface area contributed by atoms with E-state index < -0.39 is 11.7 Å². The molecule has 0 spiro atoms. The lowest BCUT2D eigenvalue weighted by molar-refractivity contribution is -0.137. The quantitative estimate of drug-likeness (QED) is 0.813. The van der Waals surface area contributed by atoms with Crippen molar-refractivity contribution in [2.45, 2.75) is 31.9 Å². The maximum Gasteiger partial charge on any atom is 0.416 e. The average molecular weight is 268 g/mol. The Morgan fingerprint density at radius 2 is 1.63 bits per heavy atom. The second-order valence-electron chi connectivity index (χ2n) is 5.76. The zero-order valence-corrected chi connectivity index (χ0v) is 10.4. The number of halogens is 3. The third kappa shape index (κ3) is 2.67. The number of carbonyl (C=O) groups excluding carboxylic acids is 1. The molecule has 1 nitrogen and oxygen atoms in total.